The molecule has 0 unspecified atom stereocenters. The van der Waals surface area contributed by atoms with Crippen LogP contribution in [0.1, 0.15) is 0 Å². The Balaban J connectivity index is 1.10. The minimum Gasteiger partial charge on any atom is -0.0622 e. The van der Waals surface area contributed by atoms with Crippen molar-refractivity contribution in [3.05, 3.63) is 291 Å². The van der Waals surface area contributed by atoms with Crippen molar-refractivity contribution in [3.63, 3.8) is 0 Å². The third kappa shape index (κ3) is 6.99. The number of fused-ring (bicyclic) bond motifs is 3. The van der Waals surface area contributed by atoms with Crippen LogP contribution in [0.25, 0.3) is 154 Å². The van der Waals surface area contributed by atoms with Crippen LogP contribution in [0.4, 0.5) is 0 Å². The van der Waals surface area contributed by atoms with Gasteiger partial charge in [-0.1, -0.05) is 279 Å². The average molecular weight is 961 g/mol. The SMILES string of the molecule is c1ccc(-c2ccccc2-c2cc(-c3ccc(-c4ccccc4)c4ccccc34)c3ccc4c(-c5ccc(-c6ccccc6)c6ccccc56)cc(-c5ccc(-c6ccccc6)c6ccccc56)c5ccc2c3c54)cc1. The molecule has 0 aliphatic rings. The quantitative estimate of drug-likeness (QED) is 0.133. The molecular weight excluding hydrogens is 913 g/mol. The largest absolute Gasteiger partial charge is 0.0622 e. The second-order valence-corrected chi connectivity index (χ2v) is 20.1. The summed E-state index contributed by atoms with van der Waals surface area (Å²) in [6.07, 6.45) is 0. The first kappa shape index (κ1) is 43.7. The standard InChI is InChI=1S/C76H48/c1-5-21-49(22-6-1)53-29-13-14-33-60(53)71-47-72(64-40-37-54(50-23-7-2-8-24-50)57-30-15-18-34-61(57)64)68-45-46-70-74(66-42-39-56(52-27-11-4-12-28-52)59-32-17-20-36-63(59)66)48-73(69-44-43-67(71)75(68)76(69)70)65-41-38-55(51-25-9-3-10-26-51)58-31-16-19-35-62(58)65/h1-48H. The Kier molecular flexibility index (Phi) is 10.3. The molecule has 0 nitrogen and oxygen atoms in total. The molecule has 0 saturated carbocycles. The lowest BCUT2D eigenvalue weighted by Gasteiger charge is -2.24. The first-order valence-electron chi connectivity index (χ1n) is 26.4. The van der Waals surface area contributed by atoms with Crippen LogP contribution in [0.5, 0.6) is 0 Å². The molecule has 0 heteroatoms. The van der Waals surface area contributed by atoms with Crippen LogP contribution in [0, 0.1) is 0 Å². The molecule has 0 aliphatic carbocycles. The van der Waals surface area contributed by atoms with Gasteiger partial charge in [0, 0.05) is 0 Å². The van der Waals surface area contributed by atoms with Gasteiger partial charge in [0.05, 0.1) is 0 Å². The van der Waals surface area contributed by atoms with Crippen LogP contribution in [0.15, 0.2) is 291 Å². The summed E-state index contributed by atoms with van der Waals surface area (Å²) < 4.78 is 0. The smallest absolute Gasteiger partial charge is 0.00139 e. The van der Waals surface area contributed by atoms with Crippen LogP contribution >= 0.6 is 0 Å². The van der Waals surface area contributed by atoms with E-state index in [9.17, 15) is 0 Å². The summed E-state index contributed by atoms with van der Waals surface area (Å²) in [5.41, 5.74) is 19.5. The van der Waals surface area contributed by atoms with E-state index in [0.717, 1.165) is 0 Å². The Labute approximate surface area is 442 Å². The Bertz CT molecular complexity index is 4560. The molecule has 0 amide bonds. The predicted molar refractivity (Wildman–Crippen MR) is 326 cm³/mol. The number of hydrogen-bond donors (Lipinski definition) is 0. The first-order chi connectivity index (χ1) is 37.7. The lowest BCUT2D eigenvalue weighted by atomic mass is 9.79. The minimum atomic E-state index is 1.20. The van der Waals surface area contributed by atoms with E-state index in [-0.39, 0.29) is 0 Å². The molecule has 15 aromatic carbocycles. The van der Waals surface area contributed by atoms with Gasteiger partial charge in [-0.15, -0.1) is 0 Å². The maximum Gasteiger partial charge on any atom is -0.00139 e. The molecule has 15 rings (SSSR count). The third-order valence-electron chi connectivity index (χ3n) is 16.1. The van der Waals surface area contributed by atoms with Crippen molar-refractivity contribution in [3.8, 4) is 89.0 Å². The number of benzene rings is 15. The fraction of sp³-hybridized carbons (Fsp3) is 0. The van der Waals surface area contributed by atoms with E-state index < -0.39 is 0 Å². The van der Waals surface area contributed by atoms with Crippen LogP contribution < -0.4 is 0 Å². The van der Waals surface area contributed by atoms with Crippen LogP contribution in [0.3, 0.4) is 0 Å². The van der Waals surface area contributed by atoms with Gasteiger partial charge in [0.1, 0.15) is 0 Å². The average Bonchev–Trinajstić information content (AvgIpc) is 3.53. The number of hydrogen-bond acceptors (Lipinski definition) is 0. The highest BCUT2D eigenvalue weighted by atomic mass is 14.3. The van der Waals surface area contributed by atoms with Crippen molar-refractivity contribution in [2.75, 3.05) is 0 Å². The predicted octanol–water partition coefficient (Wildman–Crippen LogP) is 21.4. The van der Waals surface area contributed by atoms with Gasteiger partial charge in [-0.2, -0.15) is 0 Å². The van der Waals surface area contributed by atoms with E-state index in [1.807, 2.05) is 0 Å². The van der Waals surface area contributed by atoms with E-state index >= 15 is 0 Å². The van der Waals surface area contributed by atoms with Gasteiger partial charge in [-0.3, -0.25) is 0 Å². The molecule has 0 aliphatic heterocycles. The highest BCUT2D eigenvalue weighted by Crippen LogP contribution is 2.52. The fourth-order valence-electron chi connectivity index (χ4n) is 12.7. The van der Waals surface area contributed by atoms with E-state index in [1.165, 1.54) is 154 Å². The van der Waals surface area contributed by atoms with Crippen LogP contribution in [-0.2, 0) is 0 Å². The molecule has 0 aromatic heterocycles. The molecule has 0 heterocycles. The molecule has 352 valence electrons. The van der Waals surface area contributed by atoms with Gasteiger partial charge in [0.25, 0.3) is 0 Å². The van der Waals surface area contributed by atoms with Gasteiger partial charge in [-0.05, 0) is 166 Å². The number of rotatable bonds is 8. The fourth-order valence-corrected chi connectivity index (χ4v) is 12.7. The monoisotopic (exact) mass is 960 g/mol. The van der Waals surface area contributed by atoms with Crippen molar-refractivity contribution in [1.82, 2.24) is 0 Å². The van der Waals surface area contributed by atoms with Crippen molar-refractivity contribution in [1.29, 1.82) is 0 Å². The molecular formula is C76H48. The van der Waals surface area contributed by atoms with E-state index in [2.05, 4.69) is 291 Å². The topological polar surface area (TPSA) is 0 Å². The molecule has 76 heavy (non-hydrogen) atoms. The maximum absolute atomic E-state index is 2.51. The molecule has 15 aromatic rings. The van der Waals surface area contributed by atoms with Crippen molar-refractivity contribution in [2.24, 2.45) is 0 Å². The van der Waals surface area contributed by atoms with E-state index in [4.69, 9.17) is 0 Å². The lowest BCUT2D eigenvalue weighted by molar-refractivity contribution is 1.60. The second-order valence-electron chi connectivity index (χ2n) is 20.1. The highest BCUT2D eigenvalue weighted by Gasteiger charge is 2.25. The molecule has 0 radical (unpaired) electrons. The lowest BCUT2D eigenvalue weighted by Crippen LogP contribution is -1.96. The molecule has 0 saturated heterocycles. The third-order valence-corrected chi connectivity index (χ3v) is 16.1. The van der Waals surface area contributed by atoms with Gasteiger partial charge in [0.15, 0.2) is 0 Å². The normalized spacial score (nSPS) is 11.7. The van der Waals surface area contributed by atoms with Crippen LogP contribution in [-0.4, -0.2) is 0 Å². The molecule has 0 N–H and O–H groups in total. The van der Waals surface area contributed by atoms with Crippen molar-refractivity contribution >= 4 is 64.6 Å². The van der Waals surface area contributed by atoms with Crippen molar-refractivity contribution < 1.29 is 0 Å². The van der Waals surface area contributed by atoms with E-state index in [0.29, 0.717) is 0 Å². The Morgan fingerprint density at radius 2 is 0.342 bits per heavy atom. The zero-order valence-corrected chi connectivity index (χ0v) is 41.7. The first-order valence-corrected chi connectivity index (χ1v) is 26.4. The summed E-state index contributed by atoms with van der Waals surface area (Å²) in [4.78, 5) is 0. The van der Waals surface area contributed by atoms with Crippen molar-refractivity contribution in [2.45, 2.75) is 0 Å². The highest BCUT2D eigenvalue weighted by molar-refractivity contribution is 6.34. The molecule has 0 spiro atoms. The Morgan fingerprint density at radius 1 is 0.118 bits per heavy atom. The molecule has 0 fully saturated rings. The summed E-state index contributed by atoms with van der Waals surface area (Å²) in [5.74, 6) is 0. The molecule has 0 bridgehead atoms. The van der Waals surface area contributed by atoms with Gasteiger partial charge in [-0.25, -0.2) is 0 Å². The maximum atomic E-state index is 2.51. The zero-order chi connectivity index (χ0) is 50.1. The summed E-state index contributed by atoms with van der Waals surface area (Å²) in [5, 5.41) is 14.9. The van der Waals surface area contributed by atoms with Gasteiger partial charge >= 0.3 is 0 Å². The van der Waals surface area contributed by atoms with Crippen LogP contribution in [0.2, 0.25) is 0 Å². The summed E-state index contributed by atoms with van der Waals surface area (Å²) in [7, 11) is 0. The summed E-state index contributed by atoms with van der Waals surface area (Å²) >= 11 is 0. The van der Waals surface area contributed by atoms with E-state index in [1.54, 1.807) is 0 Å². The molecule has 0 atom stereocenters. The second kappa shape index (κ2) is 18.0. The van der Waals surface area contributed by atoms with Gasteiger partial charge < -0.3 is 0 Å². The Morgan fingerprint density at radius 3 is 0.658 bits per heavy atom. The Hall–Kier alpha value is -9.88. The zero-order valence-electron chi connectivity index (χ0n) is 41.7. The minimum absolute atomic E-state index is 1.20. The van der Waals surface area contributed by atoms with Gasteiger partial charge in [0.2, 0.25) is 0 Å². The summed E-state index contributed by atoms with van der Waals surface area (Å²) in [6.45, 7) is 0. The summed E-state index contributed by atoms with van der Waals surface area (Å²) in [6, 6.07) is 108.